The van der Waals surface area contributed by atoms with E-state index in [1.165, 1.54) is 83.5 Å². The van der Waals surface area contributed by atoms with E-state index in [4.69, 9.17) is 4.74 Å². The van der Waals surface area contributed by atoms with Crippen LogP contribution in [-0.2, 0) is 9.53 Å². The van der Waals surface area contributed by atoms with Crippen molar-refractivity contribution in [3.05, 3.63) is 35.4 Å². The number of hydrogen-bond acceptors (Lipinski definition) is 3. The number of ether oxygens (including phenoxy) is 1. The summed E-state index contributed by atoms with van der Waals surface area (Å²) in [7, 11) is 0. The van der Waals surface area contributed by atoms with Gasteiger partial charge in [-0.15, -0.1) is 0 Å². The lowest BCUT2D eigenvalue weighted by molar-refractivity contribution is -0.145. The van der Waals surface area contributed by atoms with Crippen molar-refractivity contribution in [3.63, 3.8) is 0 Å². The number of carbonyl (C=O) groups is 2. The maximum atomic E-state index is 12.2. The Kier molecular flexibility index (Phi) is 16.5. The summed E-state index contributed by atoms with van der Waals surface area (Å²) in [6.07, 6.45) is 19.7. The number of rotatable bonds is 19. The minimum atomic E-state index is -0.639. The van der Waals surface area contributed by atoms with Crippen LogP contribution in [0, 0.1) is 6.92 Å². The lowest BCUT2D eigenvalue weighted by Crippen LogP contribution is -2.39. The molecule has 1 amide bonds. The quantitative estimate of drug-likeness (QED) is 0.177. The molecule has 4 nitrogen and oxygen atoms in total. The van der Waals surface area contributed by atoms with Crippen LogP contribution in [0.4, 0.5) is 0 Å². The first kappa shape index (κ1) is 28.2. The molecule has 0 radical (unpaired) electrons. The maximum absolute atomic E-state index is 12.2. The number of nitrogens with one attached hydrogen (secondary N) is 1. The van der Waals surface area contributed by atoms with E-state index < -0.39 is 6.04 Å². The Hall–Kier alpha value is -1.84. The summed E-state index contributed by atoms with van der Waals surface area (Å²) in [6, 6.07) is 6.65. The van der Waals surface area contributed by atoms with E-state index in [0.717, 1.165) is 18.4 Å². The first-order valence-electron chi connectivity index (χ1n) is 13.1. The second-order valence-corrected chi connectivity index (χ2v) is 9.18. The van der Waals surface area contributed by atoms with Gasteiger partial charge in [-0.05, 0) is 32.4 Å². The largest absolute Gasteiger partial charge is 0.464 e. The Morgan fingerprint density at radius 2 is 1.19 bits per heavy atom. The van der Waals surface area contributed by atoms with Gasteiger partial charge in [-0.1, -0.05) is 115 Å². The van der Waals surface area contributed by atoms with Crippen molar-refractivity contribution in [1.29, 1.82) is 0 Å². The summed E-state index contributed by atoms with van der Waals surface area (Å²) in [4.78, 5) is 24.3. The van der Waals surface area contributed by atoms with Gasteiger partial charge in [0.15, 0.2) is 0 Å². The zero-order chi connectivity index (χ0) is 23.4. The zero-order valence-corrected chi connectivity index (χ0v) is 20.9. The van der Waals surface area contributed by atoms with E-state index in [9.17, 15) is 9.59 Å². The van der Waals surface area contributed by atoms with Crippen LogP contribution in [-0.4, -0.2) is 24.5 Å². The molecule has 0 aliphatic carbocycles. The van der Waals surface area contributed by atoms with Gasteiger partial charge in [0.2, 0.25) is 0 Å². The van der Waals surface area contributed by atoms with Crippen molar-refractivity contribution in [2.45, 2.75) is 123 Å². The molecule has 0 saturated heterocycles. The molecule has 0 aromatic heterocycles. The average Bonchev–Trinajstić information content (AvgIpc) is 2.79. The summed E-state index contributed by atoms with van der Waals surface area (Å²) in [5, 5.41) is 2.71. The van der Waals surface area contributed by atoms with E-state index in [2.05, 4.69) is 12.2 Å². The third-order valence-corrected chi connectivity index (χ3v) is 6.01. The molecule has 0 fully saturated rings. The number of amides is 1. The SMILES string of the molecule is CCCCCCCCCCCCCCCCCOC(=O)[C@H](C)NC(=O)c1ccc(C)cc1. The molecule has 0 aliphatic rings. The van der Waals surface area contributed by atoms with Crippen LogP contribution in [0.15, 0.2) is 24.3 Å². The van der Waals surface area contributed by atoms with Gasteiger partial charge in [0.05, 0.1) is 6.61 Å². The molecule has 4 heteroatoms. The third-order valence-electron chi connectivity index (χ3n) is 6.01. The highest BCUT2D eigenvalue weighted by Crippen LogP contribution is 2.13. The molecule has 182 valence electrons. The van der Waals surface area contributed by atoms with Crippen molar-refractivity contribution >= 4 is 11.9 Å². The highest BCUT2D eigenvalue weighted by molar-refractivity contribution is 5.96. The Morgan fingerprint density at radius 3 is 1.66 bits per heavy atom. The van der Waals surface area contributed by atoms with Gasteiger partial charge >= 0.3 is 5.97 Å². The molecule has 32 heavy (non-hydrogen) atoms. The minimum Gasteiger partial charge on any atom is -0.464 e. The molecule has 1 N–H and O–H groups in total. The van der Waals surface area contributed by atoms with Crippen LogP contribution in [0.25, 0.3) is 0 Å². The van der Waals surface area contributed by atoms with E-state index in [1.807, 2.05) is 19.1 Å². The zero-order valence-electron chi connectivity index (χ0n) is 20.9. The van der Waals surface area contributed by atoms with Gasteiger partial charge in [0.1, 0.15) is 6.04 Å². The number of hydrogen-bond donors (Lipinski definition) is 1. The Bertz CT molecular complexity index is 612. The highest BCUT2D eigenvalue weighted by atomic mass is 16.5. The lowest BCUT2D eigenvalue weighted by Gasteiger charge is -2.13. The Morgan fingerprint density at radius 1 is 0.750 bits per heavy atom. The lowest BCUT2D eigenvalue weighted by atomic mass is 10.0. The first-order chi connectivity index (χ1) is 15.5. The molecule has 0 spiro atoms. The Balaban J connectivity index is 1.91. The molecule has 1 rings (SSSR count). The van der Waals surface area contributed by atoms with E-state index in [1.54, 1.807) is 19.1 Å². The van der Waals surface area contributed by atoms with Gasteiger partial charge in [0.25, 0.3) is 5.91 Å². The molecule has 0 saturated carbocycles. The molecule has 0 bridgehead atoms. The average molecular weight is 446 g/mol. The molecule has 0 heterocycles. The fourth-order valence-electron chi connectivity index (χ4n) is 3.81. The molecule has 1 aromatic rings. The van der Waals surface area contributed by atoms with Crippen LogP contribution >= 0.6 is 0 Å². The van der Waals surface area contributed by atoms with Crippen molar-refractivity contribution in [1.82, 2.24) is 5.32 Å². The number of carbonyl (C=O) groups excluding carboxylic acids is 2. The van der Waals surface area contributed by atoms with E-state index in [-0.39, 0.29) is 11.9 Å². The maximum Gasteiger partial charge on any atom is 0.328 e. The monoisotopic (exact) mass is 445 g/mol. The van der Waals surface area contributed by atoms with Crippen molar-refractivity contribution in [3.8, 4) is 0 Å². The first-order valence-corrected chi connectivity index (χ1v) is 13.1. The van der Waals surface area contributed by atoms with Gasteiger partial charge in [0, 0.05) is 5.56 Å². The Labute approximate surface area is 196 Å². The van der Waals surface area contributed by atoms with Gasteiger partial charge < -0.3 is 10.1 Å². The summed E-state index contributed by atoms with van der Waals surface area (Å²) >= 11 is 0. The van der Waals surface area contributed by atoms with E-state index in [0.29, 0.717) is 12.2 Å². The molecule has 1 atom stereocenters. The second kappa shape index (κ2) is 18.7. The van der Waals surface area contributed by atoms with Gasteiger partial charge in [-0.2, -0.15) is 0 Å². The molecule has 0 unspecified atom stereocenters. The van der Waals surface area contributed by atoms with Crippen molar-refractivity contribution in [2.24, 2.45) is 0 Å². The second-order valence-electron chi connectivity index (χ2n) is 9.18. The normalized spacial score (nSPS) is 11.8. The summed E-state index contributed by atoms with van der Waals surface area (Å²) < 4.78 is 5.32. The van der Waals surface area contributed by atoms with Crippen molar-refractivity contribution in [2.75, 3.05) is 6.61 Å². The van der Waals surface area contributed by atoms with Crippen LogP contribution < -0.4 is 5.32 Å². The van der Waals surface area contributed by atoms with Gasteiger partial charge in [-0.25, -0.2) is 4.79 Å². The number of aryl methyl sites for hydroxylation is 1. The van der Waals surface area contributed by atoms with Crippen LogP contribution in [0.5, 0.6) is 0 Å². The predicted molar refractivity (Wildman–Crippen MR) is 134 cm³/mol. The number of esters is 1. The van der Waals surface area contributed by atoms with Crippen LogP contribution in [0.1, 0.15) is 126 Å². The third kappa shape index (κ3) is 14.3. The minimum absolute atomic E-state index is 0.249. The predicted octanol–water partition coefficient (Wildman–Crippen LogP) is 7.53. The standard InChI is InChI=1S/C28H47NO3/c1-4-5-6-7-8-9-10-11-12-13-14-15-16-17-18-23-32-28(31)25(3)29-27(30)26-21-19-24(2)20-22-26/h19-22,25H,4-18,23H2,1-3H3,(H,29,30)/t25-/m0/s1. The van der Waals surface area contributed by atoms with Crippen LogP contribution in [0.2, 0.25) is 0 Å². The van der Waals surface area contributed by atoms with E-state index >= 15 is 0 Å². The molecular weight excluding hydrogens is 398 g/mol. The fraction of sp³-hybridized carbons (Fsp3) is 0.714. The molecule has 1 aromatic carbocycles. The fourth-order valence-corrected chi connectivity index (χ4v) is 3.81. The summed E-state index contributed by atoms with van der Waals surface area (Å²) in [6.45, 7) is 6.34. The topological polar surface area (TPSA) is 55.4 Å². The highest BCUT2D eigenvalue weighted by Gasteiger charge is 2.17. The van der Waals surface area contributed by atoms with Crippen molar-refractivity contribution < 1.29 is 14.3 Å². The number of unbranched alkanes of at least 4 members (excludes halogenated alkanes) is 14. The molecule has 0 aliphatic heterocycles. The summed E-state index contributed by atoms with van der Waals surface area (Å²) in [5.74, 6) is -0.614. The smallest absolute Gasteiger partial charge is 0.328 e. The number of benzene rings is 1. The van der Waals surface area contributed by atoms with Gasteiger partial charge in [-0.3, -0.25) is 4.79 Å². The molecular formula is C28H47NO3. The summed E-state index contributed by atoms with van der Waals surface area (Å²) in [5.41, 5.74) is 1.65. The van der Waals surface area contributed by atoms with Crippen LogP contribution in [0.3, 0.4) is 0 Å².